The van der Waals surface area contributed by atoms with Gasteiger partial charge in [0.1, 0.15) is 11.5 Å². The molecule has 3 aliphatic heterocycles. The molecule has 1 N–H and O–H groups in total. The van der Waals surface area contributed by atoms with Gasteiger partial charge in [-0.3, -0.25) is 29.5 Å². The maximum atomic E-state index is 14.7. The summed E-state index contributed by atoms with van der Waals surface area (Å²) in [6.07, 6.45) is 5.00. The van der Waals surface area contributed by atoms with Gasteiger partial charge >= 0.3 is 0 Å². The molecule has 0 bridgehead atoms. The molecule has 0 saturated carbocycles. The van der Waals surface area contributed by atoms with Gasteiger partial charge in [0.05, 0.1) is 16.9 Å². The molecule has 1 fully saturated rings. The second-order valence-corrected chi connectivity index (χ2v) is 10.8. The van der Waals surface area contributed by atoms with E-state index in [1.165, 1.54) is 30.5 Å². The lowest BCUT2D eigenvalue weighted by atomic mass is 9.64. The van der Waals surface area contributed by atoms with Gasteiger partial charge in [-0.15, -0.1) is 0 Å². The number of pyridine rings is 1. The average molecular weight is 557 g/mol. The van der Waals surface area contributed by atoms with Crippen LogP contribution in [0, 0.1) is 16.0 Å². The molecule has 0 aliphatic carbocycles. The minimum atomic E-state index is -1.45. The van der Waals surface area contributed by atoms with Gasteiger partial charge in [0.15, 0.2) is 11.6 Å². The van der Waals surface area contributed by atoms with E-state index in [9.17, 15) is 24.5 Å². The molecule has 3 aliphatic rings. The number of carbonyl (C=O) groups excluding carboxylic acids is 3. The van der Waals surface area contributed by atoms with E-state index >= 15 is 0 Å². The molecule has 1 amide bonds. The van der Waals surface area contributed by atoms with Crippen molar-refractivity contribution in [2.45, 2.75) is 24.4 Å². The van der Waals surface area contributed by atoms with Crippen molar-refractivity contribution in [3.05, 3.63) is 136 Å². The lowest BCUT2D eigenvalue weighted by Crippen LogP contribution is -2.51. The first-order valence-corrected chi connectivity index (χ1v) is 13.5. The number of allylic oxidation sites excluding steroid dienone is 1. The third-order valence-corrected chi connectivity index (χ3v) is 8.74. The molecule has 206 valence electrons. The molecule has 0 unspecified atom stereocenters. The number of nitrogens with zero attached hydrogens (tertiary/aromatic N) is 3. The predicted molar refractivity (Wildman–Crippen MR) is 156 cm³/mol. The number of amides is 1. The van der Waals surface area contributed by atoms with E-state index in [2.05, 4.69) is 10.3 Å². The molecule has 1 spiro atoms. The number of anilines is 2. The smallest absolute Gasteiger partial charge is 0.269 e. The molecule has 4 atom stereocenters. The number of carbonyl (C=O) groups is 3. The monoisotopic (exact) mass is 556 g/mol. The first kappa shape index (κ1) is 25.5. The van der Waals surface area contributed by atoms with Crippen LogP contribution in [0.1, 0.15) is 38.8 Å². The largest absolute Gasteiger partial charge is 0.352 e. The topological polar surface area (TPSA) is 123 Å². The van der Waals surface area contributed by atoms with E-state index < -0.39 is 34.1 Å². The Bertz CT molecular complexity index is 1830. The number of para-hydroxylation sites is 2. The summed E-state index contributed by atoms with van der Waals surface area (Å²) in [5.41, 5.74) is 2.71. The fourth-order valence-corrected chi connectivity index (χ4v) is 6.99. The number of fused-ring (bicyclic) bond motifs is 6. The number of non-ortho nitro benzene ring substituents is 1. The second kappa shape index (κ2) is 9.31. The molecule has 9 nitrogen and oxygen atoms in total. The molecular formula is C33H24N4O5. The number of nitro groups is 1. The third kappa shape index (κ3) is 3.43. The van der Waals surface area contributed by atoms with Crippen LogP contribution in [0.3, 0.4) is 0 Å². The summed E-state index contributed by atoms with van der Waals surface area (Å²) in [6, 6.07) is 21.8. The van der Waals surface area contributed by atoms with Gasteiger partial charge in [0.25, 0.3) is 5.69 Å². The molecule has 7 rings (SSSR count). The zero-order valence-electron chi connectivity index (χ0n) is 22.4. The summed E-state index contributed by atoms with van der Waals surface area (Å²) in [4.78, 5) is 60.6. The summed E-state index contributed by atoms with van der Waals surface area (Å²) in [7, 11) is 0. The molecule has 0 radical (unpaired) electrons. The normalized spacial score (nSPS) is 23.5. The number of ketones is 2. The van der Waals surface area contributed by atoms with Gasteiger partial charge in [0.2, 0.25) is 5.91 Å². The Morgan fingerprint density at radius 1 is 0.929 bits per heavy atom. The SMILES string of the molecule is CC1=C[C@@H]2N(c3ccccc31)[C@H](C(=O)c1ccc([N+](=O)[O-])cc1)[C@@H](C(=O)c1cccnc1)[C@@]21C(=O)Nc2ccccc21. The lowest BCUT2D eigenvalue weighted by Gasteiger charge is -2.39. The molecule has 4 heterocycles. The third-order valence-electron chi connectivity index (χ3n) is 8.74. The van der Waals surface area contributed by atoms with E-state index in [4.69, 9.17) is 0 Å². The Morgan fingerprint density at radius 2 is 1.67 bits per heavy atom. The van der Waals surface area contributed by atoms with Crippen molar-refractivity contribution < 1.29 is 19.3 Å². The van der Waals surface area contributed by atoms with Crippen LogP contribution < -0.4 is 10.2 Å². The van der Waals surface area contributed by atoms with Crippen LogP contribution in [0.2, 0.25) is 0 Å². The fraction of sp³-hybridized carbons (Fsp3) is 0.152. The highest BCUT2D eigenvalue weighted by Gasteiger charge is 2.70. The summed E-state index contributed by atoms with van der Waals surface area (Å²) >= 11 is 0. The maximum absolute atomic E-state index is 14.7. The Kier molecular flexibility index (Phi) is 5.65. The van der Waals surface area contributed by atoms with Crippen LogP contribution >= 0.6 is 0 Å². The molecule has 9 heteroatoms. The average Bonchev–Trinajstić information content (AvgIpc) is 3.49. The van der Waals surface area contributed by atoms with Gasteiger partial charge in [-0.1, -0.05) is 42.5 Å². The number of hydrogen-bond acceptors (Lipinski definition) is 7. The van der Waals surface area contributed by atoms with Crippen molar-refractivity contribution in [2.24, 2.45) is 5.92 Å². The lowest BCUT2D eigenvalue weighted by molar-refractivity contribution is -0.384. The van der Waals surface area contributed by atoms with Gasteiger partial charge in [-0.2, -0.15) is 0 Å². The minimum Gasteiger partial charge on any atom is -0.352 e. The highest BCUT2D eigenvalue weighted by atomic mass is 16.6. The van der Waals surface area contributed by atoms with E-state index in [-0.39, 0.29) is 28.5 Å². The van der Waals surface area contributed by atoms with Crippen LogP contribution in [0.4, 0.5) is 17.1 Å². The Balaban J connectivity index is 1.53. The second-order valence-electron chi connectivity index (χ2n) is 10.8. The number of nitrogens with one attached hydrogen (secondary N) is 1. The van der Waals surface area contributed by atoms with Crippen LogP contribution in [-0.4, -0.2) is 39.5 Å². The van der Waals surface area contributed by atoms with Crippen LogP contribution in [0.25, 0.3) is 5.57 Å². The summed E-state index contributed by atoms with van der Waals surface area (Å²) < 4.78 is 0. The minimum absolute atomic E-state index is 0.152. The van der Waals surface area contributed by atoms with E-state index in [0.29, 0.717) is 11.3 Å². The number of Topliss-reactive ketones (excluding diaryl/α,β-unsaturated/α-hetero) is 2. The Morgan fingerprint density at radius 3 is 2.40 bits per heavy atom. The van der Waals surface area contributed by atoms with E-state index in [1.807, 2.05) is 60.4 Å². The van der Waals surface area contributed by atoms with Crippen molar-refractivity contribution in [3.8, 4) is 0 Å². The first-order chi connectivity index (χ1) is 20.3. The van der Waals surface area contributed by atoms with Gasteiger partial charge in [-0.05, 0) is 54.5 Å². The fourth-order valence-electron chi connectivity index (χ4n) is 6.99. The number of aromatic nitrogens is 1. The van der Waals surface area contributed by atoms with E-state index in [0.717, 1.165) is 16.8 Å². The molecule has 3 aromatic carbocycles. The molecule has 1 aromatic heterocycles. The zero-order chi connectivity index (χ0) is 29.2. The zero-order valence-corrected chi connectivity index (χ0v) is 22.4. The van der Waals surface area contributed by atoms with Crippen molar-refractivity contribution in [1.29, 1.82) is 0 Å². The summed E-state index contributed by atoms with van der Waals surface area (Å²) in [5, 5.41) is 14.3. The highest BCUT2D eigenvalue weighted by molar-refractivity contribution is 6.18. The Labute approximate surface area is 240 Å². The van der Waals surface area contributed by atoms with Gasteiger partial charge in [-0.25, -0.2) is 0 Å². The van der Waals surface area contributed by atoms with Crippen molar-refractivity contribution in [3.63, 3.8) is 0 Å². The quantitative estimate of drug-likeness (QED) is 0.203. The molecule has 4 aromatic rings. The van der Waals surface area contributed by atoms with Crippen LogP contribution in [0.15, 0.2) is 103 Å². The van der Waals surface area contributed by atoms with Gasteiger partial charge in [0, 0.05) is 52.6 Å². The Hall–Kier alpha value is -5.44. The van der Waals surface area contributed by atoms with E-state index in [1.54, 1.807) is 24.4 Å². The predicted octanol–water partition coefficient (Wildman–Crippen LogP) is 5.24. The molecular weight excluding hydrogens is 532 g/mol. The van der Waals surface area contributed by atoms with Crippen molar-refractivity contribution >= 4 is 40.1 Å². The first-order valence-electron chi connectivity index (χ1n) is 13.5. The standard InChI is InChI=1S/C33H24N4O5/c1-19-17-27-33(24-9-3-4-10-25(24)35-32(33)40)28(30(38)21-7-6-16-34-18-21)29(36(27)26-11-5-2-8-23(19)26)31(39)20-12-14-22(15-13-20)37(41)42/h2-18,27-29H,1H3,(H,35,40)/t27-,28-,29-,33-/m0/s1. The van der Waals surface area contributed by atoms with Crippen molar-refractivity contribution in [2.75, 3.05) is 10.2 Å². The summed E-state index contributed by atoms with van der Waals surface area (Å²) in [5.74, 6) is -2.29. The highest BCUT2D eigenvalue weighted by Crippen LogP contribution is 2.58. The number of hydrogen-bond donors (Lipinski definition) is 1. The van der Waals surface area contributed by atoms with Crippen molar-refractivity contribution in [1.82, 2.24) is 4.98 Å². The van der Waals surface area contributed by atoms with Gasteiger partial charge < -0.3 is 10.2 Å². The molecule has 1 saturated heterocycles. The summed E-state index contributed by atoms with van der Waals surface area (Å²) in [6.45, 7) is 1.96. The number of benzene rings is 3. The maximum Gasteiger partial charge on any atom is 0.269 e. The molecule has 42 heavy (non-hydrogen) atoms. The van der Waals surface area contributed by atoms with Crippen LogP contribution in [-0.2, 0) is 10.2 Å². The number of rotatable bonds is 5. The number of nitro benzene ring substituents is 1. The van der Waals surface area contributed by atoms with Crippen LogP contribution in [0.5, 0.6) is 0 Å².